The third kappa shape index (κ3) is 4.28. The van der Waals surface area contributed by atoms with E-state index in [9.17, 15) is 10.1 Å². The van der Waals surface area contributed by atoms with Gasteiger partial charge in [-0.05, 0) is 31.2 Å². The molecule has 2 aromatic heterocycles. The molecule has 0 saturated carbocycles. The lowest BCUT2D eigenvalue weighted by Crippen LogP contribution is -2.59. The van der Waals surface area contributed by atoms with Crippen LogP contribution in [0.3, 0.4) is 0 Å². The zero-order chi connectivity index (χ0) is 23.7. The summed E-state index contributed by atoms with van der Waals surface area (Å²) in [6, 6.07) is 16.3. The van der Waals surface area contributed by atoms with Gasteiger partial charge in [0.2, 0.25) is 0 Å². The fraction of sp³-hybridized carbons (Fsp3) is 0.346. The van der Waals surface area contributed by atoms with Crippen molar-refractivity contribution in [3.8, 4) is 17.2 Å². The number of anilines is 3. The van der Waals surface area contributed by atoms with Gasteiger partial charge in [-0.1, -0.05) is 18.2 Å². The predicted octanol–water partition coefficient (Wildman–Crippen LogP) is 2.97. The lowest BCUT2D eigenvalue weighted by Gasteiger charge is -2.46. The Kier molecular flexibility index (Phi) is 6.05. The van der Waals surface area contributed by atoms with Crippen LogP contribution in [0.2, 0.25) is 0 Å². The van der Waals surface area contributed by atoms with Crippen LogP contribution < -0.4 is 15.8 Å². The Hall–Kier alpha value is -3.67. The smallest absolute Gasteiger partial charge is 0.274 e. The second-order valence-corrected chi connectivity index (χ2v) is 8.97. The maximum absolute atomic E-state index is 12.8. The number of ether oxygens (including phenoxy) is 1. The Bertz CT molecular complexity index is 1280. The van der Waals surface area contributed by atoms with Crippen molar-refractivity contribution in [3.05, 3.63) is 70.8 Å². The van der Waals surface area contributed by atoms with E-state index in [0.717, 1.165) is 49.7 Å². The van der Waals surface area contributed by atoms with Gasteiger partial charge in [0.05, 0.1) is 42.8 Å². The summed E-state index contributed by atoms with van der Waals surface area (Å²) in [6.45, 7) is 6.92. The minimum atomic E-state index is -0.159. The second kappa shape index (κ2) is 9.29. The summed E-state index contributed by atoms with van der Waals surface area (Å²) >= 11 is 0. The lowest BCUT2D eigenvalue weighted by atomic mass is 10.0. The Morgan fingerprint density at radius 1 is 1.18 bits per heavy atom. The molecule has 2 saturated heterocycles. The van der Waals surface area contributed by atoms with Crippen LogP contribution in [0.4, 0.5) is 17.2 Å². The SMILES string of the molecule is CC1CN(C2COC2)CCN1c1ccc(Nc2cc(-c3ccccc3C#N)cn(C)c2=O)nc1. The van der Waals surface area contributed by atoms with Gasteiger partial charge in [0.25, 0.3) is 5.56 Å². The molecule has 8 nitrogen and oxygen atoms in total. The number of nitrogens with zero attached hydrogens (tertiary/aromatic N) is 5. The Labute approximate surface area is 199 Å². The molecule has 0 bridgehead atoms. The second-order valence-electron chi connectivity index (χ2n) is 8.97. The highest BCUT2D eigenvalue weighted by Gasteiger charge is 2.32. The number of aromatic nitrogens is 2. The highest BCUT2D eigenvalue weighted by molar-refractivity contribution is 5.73. The number of rotatable bonds is 5. The first kappa shape index (κ1) is 22.1. The predicted molar refractivity (Wildman–Crippen MR) is 132 cm³/mol. The summed E-state index contributed by atoms with van der Waals surface area (Å²) in [4.78, 5) is 22.3. The van der Waals surface area contributed by atoms with Gasteiger partial charge in [0.15, 0.2) is 0 Å². The van der Waals surface area contributed by atoms with Gasteiger partial charge in [-0.15, -0.1) is 0 Å². The van der Waals surface area contributed by atoms with Crippen molar-refractivity contribution < 1.29 is 4.74 Å². The summed E-state index contributed by atoms with van der Waals surface area (Å²) in [5.74, 6) is 0.601. The van der Waals surface area contributed by atoms with Gasteiger partial charge in [0, 0.05) is 50.0 Å². The third-order valence-corrected chi connectivity index (χ3v) is 6.68. The fourth-order valence-electron chi connectivity index (χ4n) is 4.68. The van der Waals surface area contributed by atoms with Crippen LogP contribution in [0.15, 0.2) is 59.7 Å². The molecule has 5 rings (SSSR count). The Morgan fingerprint density at radius 2 is 2.00 bits per heavy atom. The van der Waals surface area contributed by atoms with Crippen LogP contribution in [-0.2, 0) is 11.8 Å². The normalized spacial score (nSPS) is 18.9. The highest BCUT2D eigenvalue weighted by Crippen LogP contribution is 2.26. The maximum Gasteiger partial charge on any atom is 0.274 e. The quantitative estimate of drug-likeness (QED) is 0.632. The van der Waals surface area contributed by atoms with Gasteiger partial charge in [-0.2, -0.15) is 5.26 Å². The van der Waals surface area contributed by atoms with E-state index in [0.29, 0.717) is 29.2 Å². The molecule has 8 heteroatoms. The molecule has 174 valence electrons. The van der Waals surface area contributed by atoms with Gasteiger partial charge in [-0.3, -0.25) is 9.69 Å². The number of aryl methyl sites for hydroxylation is 1. The first-order chi connectivity index (χ1) is 16.5. The molecule has 2 fully saturated rings. The number of nitriles is 1. The summed E-state index contributed by atoms with van der Waals surface area (Å²) < 4.78 is 6.87. The summed E-state index contributed by atoms with van der Waals surface area (Å²) in [7, 11) is 1.71. The van der Waals surface area contributed by atoms with E-state index >= 15 is 0 Å². The van der Waals surface area contributed by atoms with Crippen LogP contribution >= 0.6 is 0 Å². The largest absolute Gasteiger partial charge is 0.378 e. The van der Waals surface area contributed by atoms with Crippen molar-refractivity contribution in [2.45, 2.75) is 19.0 Å². The topological polar surface area (TPSA) is 86.4 Å². The molecule has 1 atom stereocenters. The van der Waals surface area contributed by atoms with Crippen molar-refractivity contribution in [1.82, 2.24) is 14.5 Å². The van der Waals surface area contributed by atoms with Crippen LogP contribution in [-0.4, -0.2) is 59.4 Å². The number of hydrogen-bond acceptors (Lipinski definition) is 7. The number of piperazine rings is 1. The minimum Gasteiger partial charge on any atom is -0.378 e. The van der Waals surface area contributed by atoms with E-state index in [1.165, 1.54) is 4.57 Å². The zero-order valence-corrected chi connectivity index (χ0v) is 19.4. The van der Waals surface area contributed by atoms with E-state index in [1.807, 2.05) is 36.5 Å². The van der Waals surface area contributed by atoms with E-state index in [-0.39, 0.29) is 5.56 Å². The molecule has 1 aromatic carbocycles. The third-order valence-electron chi connectivity index (χ3n) is 6.68. The van der Waals surface area contributed by atoms with Crippen LogP contribution in [0, 0.1) is 11.3 Å². The molecule has 0 aliphatic carbocycles. The average molecular weight is 457 g/mol. The molecule has 1 N–H and O–H groups in total. The Morgan fingerprint density at radius 3 is 2.68 bits per heavy atom. The van der Waals surface area contributed by atoms with Crippen LogP contribution in [0.25, 0.3) is 11.1 Å². The molecule has 0 spiro atoms. The van der Waals surface area contributed by atoms with Crippen molar-refractivity contribution in [3.63, 3.8) is 0 Å². The molecule has 2 aliphatic heterocycles. The van der Waals surface area contributed by atoms with Gasteiger partial charge in [-0.25, -0.2) is 4.98 Å². The van der Waals surface area contributed by atoms with Crippen molar-refractivity contribution >= 4 is 17.2 Å². The number of benzene rings is 1. The minimum absolute atomic E-state index is 0.159. The molecular weight excluding hydrogens is 428 g/mol. The van der Waals surface area contributed by atoms with Gasteiger partial charge < -0.3 is 19.5 Å². The molecular formula is C26H28N6O2. The van der Waals surface area contributed by atoms with E-state index in [1.54, 1.807) is 25.4 Å². The molecule has 4 heterocycles. The van der Waals surface area contributed by atoms with E-state index in [4.69, 9.17) is 4.74 Å². The standard InChI is InChI=1S/C26H28N6O2/c1-18-14-31(22-16-34-17-22)9-10-32(18)21-7-8-25(28-13-21)29-24-11-20(15-30(2)26(24)33)23-6-4-3-5-19(23)12-27/h3-8,11,13,15,18,22H,9-10,14,16-17H2,1-2H3,(H,28,29). The average Bonchev–Trinajstić information content (AvgIpc) is 2.81. The van der Waals surface area contributed by atoms with Crippen molar-refractivity contribution in [1.29, 1.82) is 5.26 Å². The van der Waals surface area contributed by atoms with Gasteiger partial charge in [0.1, 0.15) is 11.5 Å². The molecule has 0 radical (unpaired) electrons. The zero-order valence-electron chi connectivity index (χ0n) is 19.4. The number of pyridine rings is 2. The summed E-state index contributed by atoms with van der Waals surface area (Å²) in [6.07, 6.45) is 3.61. The molecule has 34 heavy (non-hydrogen) atoms. The van der Waals surface area contributed by atoms with Crippen molar-refractivity contribution in [2.24, 2.45) is 7.05 Å². The molecule has 1 unspecified atom stereocenters. The Balaban J connectivity index is 1.34. The van der Waals surface area contributed by atoms with E-state index < -0.39 is 0 Å². The highest BCUT2D eigenvalue weighted by atomic mass is 16.5. The maximum atomic E-state index is 12.8. The molecule has 0 amide bonds. The summed E-state index contributed by atoms with van der Waals surface area (Å²) in [5.41, 5.74) is 3.47. The summed E-state index contributed by atoms with van der Waals surface area (Å²) in [5, 5.41) is 12.6. The first-order valence-corrected chi connectivity index (χ1v) is 11.5. The van der Waals surface area contributed by atoms with Crippen LogP contribution in [0.5, 0.6) is 0 Å². The first-order valence-electron chi connectivity index (χ1n) is 11.5. The number of nitrogens with one attached hydrogen (secondary N) is 1. The monoisotopic (exact) mass is 456 g/mol. The molecule has 2 aliphatic rings. The van der Waals surface area contributed by atoms with Crippen LogP contribution in [0.1, 0.15) is 12.5 Å². The van der Waals surface area contributed by atoms with E-state index in [2.05, 4.69) is 33.1 Å². The van der Waals surface area contributed by atoms with Gasteiger partial charge >= 0.3 is 0 Å². The molecule has 3 aromatic rings. The van der Waals surface area contributed by atoms with Crippen molar-refractivity contribution in [2.75, 3.05) is 43.1 Å². The number of hydrogen-bond donors (Lipinski definition) is 1. The fourth-order valence-corrected chi connectivity index (χ4v) is 4.68. The lowest BCUT2D eigenvalue weighted by molar-refractivity contribution is -0.0691.